The van der Waals surface area contributed by atoms with E-state index in [1.807, 2.05) is 23.9 Å². The summed E-state index contributed by atoms with van der Waals surface area (Å²) in [6.45, 7) is 4.32. The van der Waals surface area contributed by atoms with Crippen molar-refractivity contribution < 1.29 is 0 Å². The summed E-state index contributed by atoms with van der Waals surface area (Å²) in [5, 5.41) is 9.15. The van der Waals surface area contributed by atoms with Gasteiger partial charge in [-0.15, -0.1) is 11.6 Å². The lowest BCUT2D eigenvalue weighted by molar-refractivity contribution is 0.606. The maximum Gasteiger partial charge on any atom is 0.125 e. The molecule has 3 nitrogen and oxygen atoms in total. The minimum atomic E-state index is 0.317. The number of hydrogen-bond donors (Lipinski definition) is 0. The van der Waals surface area contributed by atoms with Crippen molar-refractivity contribution in [1.82, 2.24) is 9.55 Å². The number of imidazole rings is 1. The van der Waals surface area contributed by atoms with Crippen LogP contribution in [0.4, 0.5) is 0 Å². The van der Waals surface area contributed by atoms with E-state index in [0.717, 1.165) is 28.4 Å². The number of hydrogen-bond acceptors (Lipinski definition) is 3. The van der Waals surface area contributed by atoms with Crippen molar-refractivity contribution in [3.05, 3.63) is 29.6 Å². The van der Waals surface area contributed by atoms with Gasteiger partial charge in [-0.2, -0.15) is 17.0 Å². The van der Waals surface area contributed by atoms with Gasteiger partial charge in [-0.1, -0.05) is 13.0 Å². The fourth-order valence-electron chi connectivity index (χ4n) is 2.20. The molecule has 19 heavy (non-hydrogen) atoms. The number of benzene rings is 1. The van der Waals surface area contributed by atoms with Crippen LogP contribution in [0.2, 0.25) is 0 Å². The Hall–Kier alpha value is -1.18. The quantitative estimate of drug-likeness (QED) is 0.784. The molecular formula is C14H16ClN3S. The van der Waals surface area contributed by atoms with Gasteiger partial charge in [0.1, 0.15) is 17.4 Å². The van der Waals surface area contributed by atoms with E-state index in [2.05, 4.69) is 29.5 Å². The van der Waals surface area contributed by atoms with Crippen molar-refractivity contribution in [2.24, 2.45) is 0 Å². The van der Waals surface area contributed by atoms with E-state index < -0.39 is 0 Å². The van der Waals surface area contributed by atoms with Crippen LogP contribution < -0.4 is 0 Å². The number of alkyl halides is 1. The Bertz CT molecular complexity index is 615. The normalized spacial score (nSPS) is 12.5. The standard InChI is InChI=1S/C14H16ClN3S/c1-3-19-9-10(2)18-12-6-4-5-11(8-16)14(12)17-13(18)7-15/h4-6,10H,3,7,9H2,1-2H3. The maximum absolute atomic E-state index is 9.15. The van der Waals surface area contributed by atoms with Gasteiger partial charge in [0.15, 0.2) is 0 Å². The highest BCUT2D eigenvalue weighted by Gasteiger charge is 2.16. The van der Waals surface area contributed by atoms with Crippen LogP contribution in [-0.4, -0.2) is 21.1 Å². The third-order valence-electron chi connectivity index (χ3n) is 3.04. The fourth-order valence-corrected chi connectivity index (χ4v) is 3.12. The Labute approximate surface area is 122 Å². The molecule has 5 heteroatoms. The summed E-state index contributed by atoms with van der Waals surface area (Å²) in [7, 11) is 0. The summed E-state index contributed by atoms with van der Waals surface area (Å²) in [5.41, 5.74) is 2.37. The summed E-state index contributed by atoms with van der Waals surface area (Å²) in [6, 6.07) is 8.21. The fraction of sp³-hybridized carbons (Fsp3) is 0.429. The van der Waals surface area contributed by atoms with Crippen LogP contribution in [0, 0.1) is 11.3 Å². The number of aromatic nitrogens is 2. The first-order valence-electron chi connectivity index (χ1n) is 6.26. The zero-order chi connectivity index (χ0) is 13.8. The van der Waals surface area contributed by atoms with E-state index in [0.29, 0.717) is 17.5 Å². The van der Waals surface area contributed by atoms with Gasteiger partial charge in [0.2, 0.25) is 0 Å². The number of halogens is 1. The van der Waals surface area contributed by atoms with E-state index in [-0.39, 0.29) is 0 Å². The molecule has 1 atom stereocenters. The number of para-hydroxylation sites is 1. The van der Waals surface area contributed by atoms with Gasteiger partial charge in [0.25, 0.3) is 0 Å². The Balaban J connectivity index is 2.55. The Morgan fingerprint density at radius 1 is 1.53 bits per heavy atom. The Kier molecular flexibility index (Phi) is 4.73. The van der Waals surface area contributed by atoms with Crippen LogP contribution in [0.1, 0.15) is 31.3 Å². The van der Waals surface area contributed by atoms with E-state index in [1.165, 1.54) is 0 Å². The highest BCUT2D eigenvalue weighted by Crippen LogP contribution is 2.26. The number of thioether (sulfide) groups is 1. The van der Waals surface area contributed by atoms with Gasteiger partial charge in [0, 0.05) is 11.8 Å². The SMILES string of the molecule is CCSCC(C)n1c(CCl)nc2c(C#N)cccc21. The summed E-state index contributed by atoms with van der Waals surface area (Å²) in [5.74, 6) is 3.31. The first-order chi connectivity index (χ1) is 9.22. The van der Waals surface area contributed by atoms with Crippen molar-refractivity contribution >= 4 is 34.4 Å². The monoisotopic (exact) mass is 293 g/mol. The van der Waals surface area contributed by atoms with Crippen LogP contribution in [0.3, 0.4) is 0 Å². The minimum Gasteiger partial charge on any atom is -0.323 e. The van der Waals surface area contributed by atoms with Crippen molar-refractivity contribution in [2.75, 3.05) is 11.5 Å². The zero-order valence-electron chi connectivity index (χ0n) is 11.1. The molecule has 100 valence electrons. The van der Waals surface area contributed by atoms with Gasteiger partial charge in [-0.3, -0.25) is 0 Å². The molecule has 0 fully saturated rings. The molecule has 0 aliphatic rings. The van der Waals surface area contributed by atoms with Crippen LogP contribution in [-0.2, 0) is 5.88 Å². The molecule has 0 spiro atoms. The van der Waals surface area contributed by atoms with Crippen LogP contribution >= 0.6 is 23.4 Å². The number of nitriles is 1. The number of rotatable bonds is 5. The Morgan fingerprint density at radius 3 is 2.95 bits per heavy atom. The summed E-state index contributed by atoms with van der Waals surface area (Å²) in [4.78, 5) is 4.53. The molecule has 1 aromatic carbocycles. The zero-order valence-corrected chi connectivity index (χ0v) is 12.6. The van der Waals surface area contributed by atoms with E-state index in [1.54, 1.807) is 6.07 Å². The lowest BCUT2D eigenvalue weighted by Gasteiger charge is -2.16. The topological polar surface area (TPSA) is 41.6 Å². The highest BCUT2D eigenvalue weighted by atomic mass is 35.5. The van der Waals surface area contributed by atoms with Gasteiger partial charge in [0.05, 0.1) is 17.0 Å². The van der Waals surface area contributed by atoms with Crippen molar-refractivity contribution in [1.29, 1.82) is 5.26 Å². The van der Waals surface area contributed by atoms with Crippen molar-refractivity contribution in [2.45, 2.75) is 25.8 Å². The minimum absolute atomic E-state index is 0.317. The van der Waals surface area contributed by atoms with Gasteiger partial charge in [-0.05, 0) is 24.8 Å². The third-order valence-corrected chi connectivity index (χ3v) is 4.40. The predicted molar refractivity (Wildman–Crippen MR) is 81.7 cm³/mol. The lowest BCUT2D eigenvalue weighted by Crippen LogP contribution is -2.11. The molecular weight excluding hydrogens is 278 g/mol. The molecule has 1 unspecified atom stereocenters. The van der Waals surface area contributed by atoms with E-state index >= 15 is 0 Å². The average Bonchev–Trinajstić information content (AvgIpc) is 2.83. The average molecular weight is 294 g/mol. The van der Waals surface area contributed by atoms with E-state index in [4.69, 9.17) is 16.9 Å². The van der Waals surface area contributed by atoms with Gasteiger partial charge >= 0.3 is 0 Å². The molecule has 2 rings (SSSR count). The van der Waals surface area contributed by atoms with Crippen LogP contribution in [0.15, 0.2) is 18.2 Å². The molecule has 0 saturated heterocycles. The number of fused-ring (bicyclic) bond motifs is 1. The second-order valence-corrected chi connectivity index (χ2v) is 5.91. The third kappa shape index (κ3) is 2.72. The summed E-state index contributed by atoms with van der Waals surface area (Å²) in [6.07, 6.45) is 0. The van der Waals surface area contributed by atoms with Crippen molar-refractivity contribution in [3.8, 4) is 6.07 Å². The Morgan fingerprint density at radius 2 is 2.32 bits per heavy atom. The van der Waals surface area contributed by atoms with E-state index in [9.17, 15) is 0 Å². The summed E-state index contributed by atoms with van der Waals surface area (Å²) >= 11 is 7.90. The predicted octanol–water partition coefficient (Wildman–Crippen LogP) is 3.96. The summed E-state index contributed by atoms with van der Waals surface area (Å²) < 4.78 is 2.16. The second kappa shape index (κ2) is 6.31. The first-order valence-corrected chi connectivity index (χ1v) is 7.95. The molecule has 0 N–H and O–H groups in total. The van der Waals surface area contributed by atoms with Crippen LogP contribution in [0.25, 0.3) is 11.0 Å². The lowest BCUT2D eigenvalue weighted by atomic mass is 10.2. The molecule has 1 heterocycles. The van der Waals surface area contributed by atoms with Gasteiger partial charge in [-0.25, -0.2) is 4.98 Å². The smallest absolute Gasteiger partial charge is 0.125 e. The first kappa shape index (κ1) is 14.2. The second-order valence-electron chi connectivity index (χ2n) is 4.33. The van der Waals surface area contributed by atoms with Crippen LogP contribution in [0.5, 0.6) is 0 Å². The number of nitrogens with zero attached hydrogens (tertiary/aromatic N) is 3. The molecule has 0 bridgehead atoms. The molecule has 0 aliphatic carbocycles. The van der Waals surface area contributed by atoms with Crippen molar-refractivity contribution in [3.63, 3.8) is 0 Å². The molecule has 0 saturated carbocycles. The van der Waals surface area contributed by atoms with Gasteiger partial charge < -0.3 is 4.57 Å². The maximum atomic E-state index is 9.15. The molecule has 0 radical (unpaired) electrons. The molecule has 2 aromatic rings. The highest BCUT2D eigenvalue weighted by molar-refractivity contribution is 7.99. The molecule has 1 aromatic heterocycles. The largest absolute Gasteiger partial charge is 0.323 e. The molecule has 0 amide bonds. The molecule has 0 aliphatic heterocycles.